The van der Waals surface area contributed by atoms with Crippen LogP contribution in [-0.2, 0) is 6.54 Å². The Morgan fingerprint density at radius 3 is 2.65 bits per heavy atom. The van der Waals surface area contributed by atoms with Gasteiger partial charge in [0, 0.05) is 18.5 Å². The van der Waals surface area contributed by atoms with Crippen molar-refractivity contribution in [1.82, 2.24) is 25.4 Å². The number of carbonyl (C=O) groups is 2. The van der Waals surface area contributed by atoms with Crippen LogP contribution in [0.5, 0.6) is 0 Å². The third-order valence-electron chi connectivity index (χ3n) is 4.18. The summed E-state index contributed by atoms with van der Waals surface area (Å²) in [6, 6.07) is 7.38. The Morgan fingerprint density at radius 2 is 1.92 bits per heavy atom. The average Bonchev–Trinajstić information content (AvgIpc) is 3.24. The quantitative estimate of drug-likeness (QED) is 0.706. The Balaban J connectivity index is 1.71. The molecule has 2 aromatic heterocycles. The molecular weight excluding hydrogens is 334 g/mol. The Kier molecular flexibility index (Phi) is 5.01. The maximum absolute atomic E-state index is 12.4. The van der Waals surface area contributed by atoms with Crippen molar-refractivity contribution < 1.29 is 14.0 Å². The molecule has 0 fully saturated rings. The molecule has 8 nitrogen and oxygen atoms in total. The molecule has 0 aliphatic rings. The van der Waals surface area contributed by atoms with Crippen molar-refractivity contribution >= 4 is 22.7 Å². The molecule has 1 aromatic carbocycles. The van der Waals surface area contributed by atoms with E-state index < -0.39 is 0 Å². The lowest BCUT2D eigenvalue weighted by atomic mass is 10.2. The zero-order valence-corrected chi connectivity index (χ0v) is 15.0. The summed E-state index contributed by atoms with van der Waals surface area (Å²) in [5.41, 5.74) is 1.38. The van der Waals surface area contributed by atoms with Crippen LogP contribution in [0.25, 0.3) is 10.9 Å². The first-order valence-electron chi connectivity index (χ1n) is 8.52. The minimum Gasteiger partial charge on any atom is -0.443 e. The smallest absolute Gasteiger partial charge is 0.276 e. The molecule has 136 valence electrons. The highest BCUT2D eigenvalue weighted by Crippen LogP contribution is 2.16. The van der Waals surface area contributed by atoms with E-state index in [9.17, 15) is 9.59 Å². The van der Waals surface area contributed by atoms with Crippen molar-refractivity contribution in [2.75, 3.05) is 13.1 Å². The van der Waals surface area contributed by atoms with E-state index in [4.69, 9.17) is 4.42 Å². The molecule has 2 amide bonds. The molecule has 8 heteroatoms. The summed E-state index contributed by atoms with van der Waals surface area (Å²) in [5.74, 6) is 0.213. The second-order valence-corrected chi connectivity index (χ2v) is 5.79. The molecule has 2 heterocycles. The number of oxazole rings is 1. The van der Waals surface area contributed by atoms with Gasteiger partial charge in [-0.3, -0.25) is 14.7 Å². The standard InChI is InChI=1S/C18H21N5O3/c1-4-23(5-2)18(25)15-11(3)26-14(20-15)10-19-17(24)16-12-8-6-7-9-13(12)21-22-16/h6-9H,4-5,10H2,1-3H3,(H,19,24)(H,21,22). The van der Waals surface area contributed by atoms with Gasteiger partial charge in [0.1, 0.15) is 5.76 Å². The third kappa shape index (κ3) is 3.30. The van der Waals surface area contributed by atoms with E-state index in [2.05, 4.69) is 20.5 Å². The lowest BCUT2D eigenvalue weighted by Gasteiger charge is -2.16. The lowest BCUT2D eigenvalue weighted by Crippen LogP contribution is -2.31. The zero-order valence-electron chi connectivity index (χ0n) is 15.0. The number of aryl methyl sites for hydroxylation is 1. The van der Waals surface area contributed by atoms with Gasteiger partial charge in [-0.05, 0) is 26.8 Å². The van der Waals surface area contributed by atoms with E-state index >= 15 is 0 Å². The number of rotatable bonds is 6. The fourth-order valence-corrected chi connectivity index (χ4v) is 2.76. The summed E-state index contributed by atoms with van der Waals surface area (Å²) in [4.78, 5) is 30.7. The molecule has 3 rings (SSSR count). The van der Waals surface area contributed by atoms with Crippen molar-refractivity contribution in [3.05, 3.63) is 47.3 Å². The fraction of sp³-hybridized carbons (Fsp3) is 0.333. The number of H-pyrrole nitrogens is 1. The van der Waals surface area contributed by atoms with Gasteiger partial charge in [-0.1, -0.05) is 18.2 Å². The summed E-state index contributed by atoms with van der Waals surface area (Å²) in [6.45, 7) is 6.78. The monoisotopic (exact) mass is 355 g/mol. The zero-order chi connectivity index (χ0) is 18.7. The lowest BCUT2D eigenvalue weighted by molar-refractivity contribution is 0.0766. The number of benzene rings is 1. The van der Waals surface area contributed by atoms with Gasteiger partial charge in [-0.2, -0.15) is 5.10 Å². The molecule has 0 unspecified atom stereocenters. The van der Waals surface area contributed by atoms with E-state index in [0.717, 1.165) is 10.9 Å². The SMILES string of the molecule is CCN(CC)C(=O)c1nc(CNC(=O)c2n[nH]c3ccccc23)oc1C. The number of fused-ring (bicyclic) bond motifs is 1. The Labute approximate surface area is 150 Å². The molecule has 0 bridgehead atoms. The van der Waals surface area contributed by atoms with Crippen molar-refractivity contribution in [1.29, 1.82) is 0 Å². The molecule has 0 aliphatic carbocycles. The number of hydrogen-bond donors (Lipinski definition) is 2. The molecule has 2 N–H and O–H groups in total. The van der Waals surface area contributed by atoms with E-state index in [0.29, 0.717) is 24.5 Å². The fourth-order valence-electron chi connectivity index (χ4n) is 2.76. The third-order valence-corrected chi connectivity index (χ3v) is 4.18. The molecule has 3 aromatic rings. The summed E-state index contributed by atoms with van der Waals surface area (Å²) in [7, 11) is 0. The van der Waals surface area contributed by atoms with E-state index in [1.165, 1.54) is 0 Å². The Hall–Kier alpha value is -3.16. The van der Waals surface area contributed by atoms with Crippen LogP contribution in [0.3, 0.4) is 0 Å². The molecule has 0 spiro atoms. The summed E-state index contributed by atoms with van der Waals surface area (Å²) in [6.07, 6.45) is 0. The van der Waals surface area contributed by atoms with Crippen LogP contribution in [0.4, 0.5) is 0 Å². The van der Waals surface area contributed by atoms with Gasteiger partial charge in [0.25, 0.3) is 11.8 Å². The van der Waals surface area contributed by atoms with Crippen LogP contribution in [-0.4, -0.2) is 45.0 Å². The number of hydrogen-bond acceptors (Lipinski definition) is 5. The van der Waals surface area contributed by atoms with Crippen molar-refractivity contribution in [3.8, 4) is 0 Å². The summed E-state index contributed by atoms with van der Waals surface area (Å²) >= 11 is 0. The van der Waals surface area contributed by atoms with Gasteiger partial charge in [0.15, 0.2) is 11.4 Å². The second kappa shape index (κ2) is 7.38. The Morgan fingerprint density at radius 1 is 1.19 bits per heavy atom. The molecule has 0 atom stereocenters. The van der Waals surface area contributed by atoms with Crippen molar-refractivity contribution in [2.45, 2.75) is 27.3 Å². The number of para-hydroxylation sites is 1. The highest BCUT2D eigenvalue weighted by atomic mass is 16.4. The van der Waals surface area contributed by atoms with Gasteiger partial charge in [-0.15, -0.1) is 0 Å². The molecule has 26 heavy (non-hydrogen) atoms. The van der Waals surface area contributed by atoms with Gasteiger partial charge < -0.3 is 14.6 Å². The van der Waals surface area contributed by atoms with Gasteiger partial charge in [-0.25, -0.2) is 4.98 Å². The maximum atomic E-state index is 12.4. The van der Waals surface area contributed by atoms with Gasteiger partial charge >= 0.3 is 0 Å². The molecule has 0 saturated carbocycles. The number of nitrogens with one attached hydrogen (secondary N) is 2. The van der Waals surface area contributed by atoms with Crippen LogP contribution in [0, 0.1) is 6.92 Å². The predicted molar refractivity (Wildman–Crippen MR) is 95.8 cm³/mol. The maximum Gasteiger partial charge on any atom is 0.276 e. The van der Waals surface area contributed by atoms with Crippen molar-refractivity contribution in [3.63, 3.8) is 0 Å². The first kappa shape index (κ1) is 17.7. The molecule has 0 saturated heterocycles. The first-order valence-corrected chi connectivity index (χ1v) is 8.52. The molecule has 0 radical (unpaired) electrons. The number of nitrogens with zero attached hydrogens (tertiary/aromatic N) is 3. The summed E-state index contributed by atoms with van der Waals surface area (Å²) < 4.78 is 5.53. The van der Waals surface area contributed by atoms with Crippen molar-refractivity contribution in [2.24, 2.45) is 0 Å². The van der Waals surface area contributed by atoms with Crippen LogP contribution >= 0.6 is 0 Å². The van der Waals surface area contributed by atoms with Crippen LogP contribution < -0.4 is 5.32 Å². The summed E-state index contributed by atoms with van der Waals surface area (Å²) in [5, 5.41) is 10.3. The molecule has 0 aliphatic heterocycles. The van der Waals surface area contributed by atoms with Crippen LogP contribution in [0.1, 0.15) is 46.5 Å². The second-order valence-electron chi connectivity index (χ2n) is 5.79. The number of amides is 2. The van der Waals surface area contributed by atoms with E-state index in [1.54, 1.807) is 11.8 Å². The first-order chi connectivity index (χ1) is 12.5. The van der Waals surface area contributed by atoms with E-state index in [-0.39, 0.29) is 29.9 Å². The number of aromatic nitrogens is 3. The minimum absolute atomic E-state index is 0.0758. The topological polar surface area (TPSA) is 104 Å². The average molecular weight is 355 g/mol. The number of aromatic amines is 1. The Bertz CT molecular complexity index is 939. The van der Waals surface area contributed by atoms with Gasteiger partial charge in [0.2, 0.25) is 5.89 Å². The largest absolute Gasteiger partial charge is 0.443 e. The van der Waals surface area contributed by atoms with Crippen LogP contribution in [0.15, 0.2) is 28.7 Å². The minimum atomic E-state index is -0.338. The highest BCUT2D eigenvalue weighted by Gasteiger charge is 2.22. The normalized spacial score (nSPS) is 10.9. The van der Waals surface area contributed by atoms with Crippen LogP contribution in [0.2, 0.25) is 0 Å². The predicted octanol–water partition coefficient (Wildman–Crippen LogP) is 2.27. The number of carbonyl (C=O) groups excluding carboxylic acids is 2. The van der Waals surface area contributed by atoms with E-state index in [1.807, 2.05) is 38.1 Å². The molecular formula is C18H21N5O3. The highest BCUT2D eigenvalue weighted by molar-refractivity contribution is 6.04. The van der Waals surface area contributed by atoms with Gasteiger partial charge in [0.05, 0.1) is 12.1 Å².